The van der Waals surface area contributed by atoms with Crippen LogP contribution in [0.4, 0.5) is 0 Å². The Morgan fingerprint density at radius 2 is 2.00 bits per heavy atom. The molecule has 3 nitrogen and oxygen atoms in total. The molecule has 3 heteroatoms. The van der Waals surface area contributed by atoms with Crippen LogP contribution in [-0.2, 0) is 9.47 Å². The quantitative estimate of drug-likeness (QED) is 0.594. The second-order valence-corrected chi connectivity index (χ2v) is 2.10. The van der Waals surface area contributed by atoms with Gasteiger partial charge < -0.3 is 14.6 Å². The molecule has 0 aromatic rings. The van der Waals surface area contributed by atoms with Gasteiger partial charge in [0.25, 0.3) is 5.97 Å². The van der Waals surface area contributed by atoms with Crippen LogP contribution < -0.4 is 0 Å². The van der Waals surface area contributed by atoms with E-state index in [9.17, 15) is 5.11 Å². The highest BCUT2D eigenvalue weighted by molar-refractivity contribution is 4.50. The van der Waals surface area contributed by atoms with Crippen molar-refractivity contribution in [1.82, 2.24) is 0 Å². The first-order valence-electron chi connectivity index (χ1n) is 3.60. The van der Waals surface area contributed by atoms with E-state index in [1.807, 2.05) is 13.8 Å². The van der Waals surface area contributed by atoms with E-state index in [1.165, 1.54) is 7.11 Å². The fourth-order valence-electron chi connectivity index (χ4n) is 0.775. The van der Waals surface area contributed by atoms with Crippen LogP contribution in [0.5, 0.6) is 0 Å². The van der Waals surface area contributed by atoms with E-state index in [-0.39, 0.29) is 0 Å². The molecule has 0 spiro atoms. The lowest BCUT2D eigenvalue weighted by Gasteiger charge is -2.24. The zero-order valence-corrected chi connectivity index (χ0v) is 6.89. The minimum absolute atomic E-state index is 0.463. The van der Waals surface area contributed by atoms with E-state index >= 15 is 0 Å². The van der Waals surface area contributed by atoms with Gasteiger partial charge in [-0.2, -0.15) is 0 Å². The van der Waals surface area contributed by atoms with Gasteiger partial charge in [-0.25, -0.2) is 0 Å². The van der Waals surface area contributed by atoms with E-state index in [0.29, 0.717) is 13.0 Å². The van der Waals surface area contributed by atoms with Crippen LogP contribution in [0, 0.1) is 0 Å². The molecule has 0 aromatic heterocycles. The SMILES string of the molecule is CCCC(O)(OC)OCC. The van der Waals surface area contributed by atoms with Gasteiger partial charge in [0.1, 0.15) is 0 Å². The monoisotopic (exact) mass is 148 g/mol. The number of methoxy groups -OCH3 is 1. The maximum absolute atomic E-state index is 9.38. The van der Waals surface area contributed by atoms with Crippen LogP contribution in [0.3, 0.4) is 0 Å². The fraction of sp³-hybridized carbons (Fsp3) is 1.00. The summed E-state index contributed by atoms with van der Waals surface area (Å²) in [5.41, 5.74) is 0. The first-order valence-corrected chi connectivity index (χ1v) is 3.60. The molecule has 10 heavy (non-hydrogen) atoms. The highest BCUT2D eigenvalue weighted by Gasteiger charge is 2.24. The normalized spacial score (nSPS) is 16.8. The van der Waals surface area contributed by atoms with Crippen molar-refractivity contribution in [3.8, 4) is 0 Å². The molecule has 62 valence electrons. The van der Waals surface area contributed by atoms with Crippen LogP contribution in [0.2, 0.25) is 0 Å². The maximum Gasteiger partial charge on any atom is 0.280 e. The fourth-order valence-corrected chi connectivity index (χ4v) is 0.775. The highest BCUT2D eigenvalue weighted by atomic mass is 16.8. The highest BCUT2D eigenvalue weighted by Crippen LogP contribution is 2.14. The summed E-state index contributed by atoms with van der Waals surface area (Å²) in [5, 5.41) is 9.38. The third-order valence-electron chi connectivity index (χ3n) is 1.25. The summed E-state index contributed by atoms with van der Waals surface area (Å²) < 4.78 is 9.70. The molecular weight excluding hydrogens is 132 g/mol. The summed E-state index contributed by atoms with van der Waals surface area (Å²) >= 11 is 0. The van der Waals surface area contributed by atoms with Crippen molar-refractivity contribution < 1.29 is 14.6 Å². The second-order valence-electron chi connectivity index (χ2n) is 2.10. The molecular formula is C7H16O3. The molecule has 0 aliphatic heterocycles. The van der Waals surface area contributed by atoms with Crippen LogP contribution in [-0.4, -0.2) is 24.8 Å². The van der Waals surface area contributed by atoms with Crippen molar-refractivity contribution in [3.63, 3.8) is 0 Å². The van der Waals surface area contributed by atoms with Crippen LogP contribution in [0.25, 0.3) is 0 Å². The van der Waals surface area contributed by atoms with Crippen molar-refractivity contribution in [3.05, 3.63) is 0 Å². The van der Waals surface area contributed by atoms with Crippen LogP contribution in [0.15, 0.2) is 0 Å². The van der Waals surface area contributed by atoms with Crippen LogP contribution in [0.1, 0.15) is 26.7 Å². The molecule has 0 aliphatic carbocycles. The van der Waals surface area contributed by atoms with Gasteiger partial charge in [0.2, 0.25) is 0 Å². The lowest BCUT2D eigenvalue weighted by atomic mass is 10.3. The molecule has 0 fully saturated rings. The molecule has 0 amide bonds. The Morgan fingerprint density at radius 1 is 1.40 bits per heavy atom. The summed E-state index contributed by atoms with van der Waals surface area (Å²) in [5.74, 6) is -1.36. The number of hydrogen-bond acceptors (Lipinski definition) is 3. The molecule has 1 N–H and O–H groups in total. The summed E-state index contributed by atoms with van der Waals surface area (Å²) in [7, 11) is 1.44. The molecule has 0 saturated heterocycles. The summed E-state index contributed by atoms with van der Waals surface area (Å²) in [6.45, 7) is 4.24. The van der Waals surface area contributed by atoms with Gasteiger partial charge in [0.15, 0.2) is 0 Å². The van der Waals surface area contributed by atoms with E-state index in [4.69, 9.17) is 9.47 Å². The zero-order valence-electron chi connectivity index (χ0n) is 6.89. The molecule has 0 aliphatic rings. The third-order valence-corrected chi connectivity index (χ3v) is 1.25. The van der Waals surface area contributed by atoms with E-state index < -0.39 is 5.97 Å². The summed E-state index contributed by atoms with van der Waals surface area (Å²) in [4.78, 5) is 0. The molecule has 0 heterocycles. The van der Waals surface area contributed by atoms with Crippen molar-refractivity contribution in [2.45, 2.75) is 32.7 Å². The number of aliphatic hydroxyl groups is 1. The molecule has 0 bridgehead atoms. The minimum atomic E-state index is -1.36. The Morgan fingerprint density at radius 3 is 2.30 bits per heavy atom. The standard InChI is InChI=1S/C7H16O3/c1-4-6-7(8,9-3)10-5-2/h8H,4-6H2,1-3H3. The Bertz CT molecular complexity index is 76.9. The Labute approximate surface area is 62.0 Å². The lowest BCUT2D eigenvalue weighted by molar-refractivity contribution is -0.351. The summed E-state index contributed by atoms with van der Waals surface area (Å²) in [6.07, 6.45) is 1.35. The predicted molar refractivity (Wildman–Crippen MR) is 38.5 cm³/mol. The Kier molecular flexibility index (Phi) is 4.60. The van der Waals surface area contributed by atoms with Crippen molar-refractivity contribution in [2.75, 3.05) is 13.7 Å². The van der Waals surface area contributed by atoms with Crippen molar-refractivity contribution >= 4 is 0 Å². The van der Waals surface area contributed by atoms with Crippen molar-refractivity contribution in [1.29, 1.82) is 0 Å². The first-order chi connectivity index (χ1) is 4.68. The Hall–Kier alpha value is -0.120. The van der Waals surface area contributed by atoms with Gasteiger partial charge >= 0.3 is 0 Å². The topological polar surface area (TPSA) is 38.7 Å². The van der Waals surface area contributed by atoms with Gasteiger partial charge in [-0.05, 0) is 13.3 Å². The largest absolute Gasteiger partial charge is 0.343 e. The number of rotatable bonds is 5. The van der Waals surface area contributed by atoms with Gasteiger partial charge in [0.05, 0.1) is 0 Å². The molecule has 1 atom stereocenters. The first kappa shape index (κ1) is 9.88. The number of hydrogen-bond donors (Lipinski definition) is 1. The molecule has 0 rings (SSSR count). The van der Waals surface area contributed by atoms with Gasteiger partial charge in [0, 0.05) is 20.1 Å². The predicted octanol–water partition coefficient (Wildman–Crippen LogP) is 1.12. The van der Waals surface area contributed by atoms with Gasteiger partial charge in [-0.15, -0.1) is 0 Å². The average molecular weight is 148 g/mol. The van der Waals surface area contributed by atoms with Gasteiger partial charge in [-0.1, -0.05) is 6.92 Å². The second kappa shape index (κ2) is 4.66. The maximum atomic E-state index is 9.38. The van der Waals surface area contributed by atoms with E-state index in [1.54, 1.807) is 0 Å². The zero-order chi connectivity index (χ0) is 8.04. The molecule has 1 unspecified atom stereocenters. The molecule has 0 saturated carbocycles. The third kappa shape index (κ3) is 3.15. The lowest BCUT2D eigenvalue weighted by Crippen LogP contribution is -2.34. The smallest absolute Gasteiger partial charge is 0.280 e. The molecule has 0 radical (unpaired) electrons. The summed E-state index contributed by atoms with van der Waals surface area (Å²) in [6, 6.07) is 0. The molecule has 0 aromatic carbocycles. The minimum Gasteiger partial charge on any atom is -0.343 e. The van der Waals surface area contributed by atoms with E-state index in [2.05, 4.69) is 0 Å². The number of ether oxygens (including phenoxy) is 2. The Balaban J connectivity index is 3.69. The van der Waals surface area contributed by atoms with Gasteiger partial charge in [-0.3, -0.25) is 0 Å². The van der Waals surface area contributed by atoms with E-state index in [0.717, 1.165) is 6.42 Å². The van der Waals surface area contributed by atoms with Crippen LogP contribution >= 0.6 is 0 Å². The van der Waals surface area contributed by atoms with Crippen molar-refractivity contribution in [2.24, 2.45) is 0 Å². The average Bonchev–Trinajstić information content (AvgIpc) is 1.89.